The zero-order chi connectivity index (χ0) is 20.9. The van der Waals surface area contributed by atoms with Gasteiger partial charge in [0.25, 0.3) is 5.91 Å². The second kappa shape index (κ2) is 9.16. The lowest BCUT2D eigenvalue weighted by molar-refractivity contribution is -0.128. The van der Waals surface area contributed by atoms with Crippen molar-refractivity contribution in [1.82, 2.24) is 14.9 Å². The van der Waals surface area contributed by atoms with Crippen LogP contribution in [0.2, 0.25) is 0 Å². The topological polar surface area (TPSA) is 56.1 Å². The molecule has 1 heterocycles. The number of aromatic nitrogens is 2. The molecule has 156 valence electrons. The fraction of sp³-hybridized carbons (Fsp3) is 0.360. The van der Waals surface area contributed by atoms with Crippen LogP contribution in [0.25, 0.3) is 5.69 Å². The van der Waals surface area contributed by atoms with Crippen molar-refractivity contribution in [2.24, 2.45) is 0 Å². The number of fused-ring (bicyclic) bond motifs is 1. The van der Waals surface area contributed by atoms with Crippen molar-refractivity contribution in [3.05, 3.63) is 77.4 Å². The van der Waals surface area contributed by atoms with Crippen molar-refractivity contribution >= 4 is 5.91 Å². The lowest BCUT2D eigenvalue weighted by Crippen LogP contribution is -2.37. The second-order valence-corrected chi connectivity index (χ2v) is 7.88. The summed E-state index contributed by atoms with van der Waals surface area (Å²) < 4.78 is 8.07. The van der Waals surface area contributed by atoms with E-state index in [1.165, 1.54) is 24.0 Å². The Kier molecular flexibility index (Phi) is 6.17. The first-order valence-corrected chi connectivity index (χ1v) is 10.8. The average molecular weight is 404 g/mol. The van der Waals surface area contributed by atoms with Crippen LogP contribution in [-0.4, -0.2) is 21.6 Å². The van der Waals surface area contributed by atoms with Gasteiger partial charge in [-0.1, -0.05) is 25.1 Å². The first kappa shape index (κ1) is 20.2. The molecule has 0 aliphatic heterocycles. The summed E-state index contributed by atoms with van der Waals surface area (Å²) in [4.78, 5) is 16.9. The van der Waals surface area contributed by atoms with E-state index in [2.05, 4.69) is 22.4 Å². The molecule has 5 heteroatoms. The number of aryl methyl sites for hydroxylation is 3. The first-order valence-electron chi connectivity index (χ1n) is 10.8. The van der Waals surface area contributed by atoms with Crippen molar-refractivity contribution in [1.29, 1.82) is 0 Å². The lowest BCUT2D eigenvalue weighted by Gasteiger charge is -2.20. The van der Waals surface area contributed by atoms with Gasteiger partial charge in [0.2, 0.25) is 0 Å². The number of hydrogen-bond donors (Lipinski definition) is 1. The fourth-order valence-corrected chi connectivity index (χ4v) is 4.00. The molecule has 0 saturated carbocycles. The summed E-state index contributed by atoms with van der Waals surface area (Å²) in [5.41, 5.74) is 4.89. The number of carbonyl (C=O) groups excluding carboxylic acids is 1. The minimum absolute atomic E-state index is 0.0789. The maximum atomic E-state index is 12.7. The third-order valence-electron chi connectivity index (χ3n) is 5.77. The molecule has 2 aromatic carbocycles. The van der Waals surface area contributed by atoms with Gasteiger partial charge in [0.15, 0.2) is 6.10 Å². The number of nitrogens with zero attached hydrogens (tertiary/aromatic N) is 2. The maximum absolute atomic E-state index is 12.7. The lowest BCUT2D eigenvalue weighted by atomic mass is 9.92. The Bertz CT molecular complexity index is 1010. The van der Waals surface area contributed by atoms with Crippen LogP contribution in [0.4, 0.5) is 0 Å². The molecule has 3 aromatic rings. The van der Waals surface area contributed by atoms with Gasteiger partial charge in [0.1, 0.15) is 11.6 Å². The van der Waals surface area contributed by atoms with Crippen LogP contribution in [0.3, 0.4) is 0 Å². The van der Waals surface area contributed by atoms with Gasteiger partial charge >= 0.3 is 0 Å². The molecule has 1 aliphatic carbocycles. The number of imidazole rings is 1. The summed E-state index contributed by atoms with van der Waals surface area (Å²) in [7, 11) is 0. The van der Waals surface area contributed by atoms with Gasteiger partial charge in [-0.3, -0.25) is 4.79 Å². The van der Waals surface area contributed by atoms with Crippen molar-refractivity contribution in [3.8, 4) is 11.4 Å². The Labute approximate surface area is 178 Å². The summed E-state index contributed by atoms with van der Waals surface area (Å²) >= 11 is 0. The Hall–Kier alpha value is -3.08. The summed E-state index contributed by atoms with van der Waals surface area (Å²) in [6.45, 7) is 4.43. The number of nitrogens with one attached hydrogen (secondary N) is 1. The zero-order valence-corrected chi connectivity index (χ0v) is 17.7. The van der Waals surface area contributed by atoms with E-state index >= 15 is 0 Å². The summed E-state index contributed by atoms with van der Waals surface area (Å²) in [5, 5.41) is 3.02. The van der Waals surface area contributed by atoms with Crippen LogP contribution in [0, 0.1) is 6.92 Å². The minimum atomic E-state index is -0.487. The molecular formula is C25H29N3O2. The highest BCUT2D eigenvalue weighted by molar-refractivity contribution is 5.81. The van der Waals surface area contributed by atoms with E-state index in [1.54, 1.807) is 6.20 Å². The molecule has 1 N–H and O–H groups in total. The van der Waals surface area contributed by atoms with Crippen LogP contribution in [0.15, 0.2) is 54.9 Å². The third-order valence-corrected chi connectivity index (χ3v) is 5.77. The third kappa shape index (κ3) is 4.56. The average Bonchev–Trinajstić information content (AvgIpc) is 3.22. The molecule has 5 nitrogen and oxygen atoms in total. The monoisotopic (exact) mass is 403 g/mol. The highest BCUT2D eigenvalue weighted by Gasteiger charge is 2.19. The van der Waals surface area contributed by atoms with Gasteiger partial charge in [0.05, 0.1) is 0 Å². The minimum Gasteiger partial charge on any atom is -0.481 e. The summed E-state index contributed by atoms with van der Waals surface area (Å²) in [6, 6.07) is 14.4. The Morgan fingerprint density at radius 1 is 1.13 bits per heavy atom. The Morgan fingerprint density at radius 2 is 1.90 bits per heavy atom. The van der Waals surface area contributed by atoms with Gasteiger partial charge in [-0.2, -0.15) is 0 Å². The molecule has 0 spiro atoms. The van der Waals surface area contributed by atoms with E-state index < -0.39 is 6.10 Å². The molecule has 0 fully saturated rings. The smallest absolute Gasteiger partial charge is 0.261 e. The van der Waals surface area contributed by atoms with Crippen molar-refractivity contribution < 1.29 is 9.53 Å². The highest BCUT2D eigenvalue weighted by Crippen LogP contribution is 2.26. The molecule has 0 saturated heterocycles. The van der Waals surface area contributed by atoms with Crippen molar-refractivity contribution in [3.63, 3.8) is 0 Å². The van der Waals surface area contributed by atoms with E-state index in [-0.39, 0.29) is 5.91 Å². The number of rotatable bonds is 7. The number of benzene rings is 2. The van der Waals surface area contributed by atoms with Crippen LogP contribution < -0.4 is 10.1 Å². The van der Waals surface area contributed by atoms with E-state index in [0.717, 1.165) is 35.7 Å². The van der Waals surface area contributed by atoms with E-state index in [1.807, 2.05) is 54.9 Å². The number of ether oxygens (including phenoxy) is 1. The molecule has 4 rings (SSSR count). The van der Waals surface area contributed by atoms with Crippen molar-refractivity contribution in [2.45, 2.75) is 58.6 Å². The molecular weight excluding hydrogens is 374 g/mol. The summed E-state index contributed by atoms with van der Waals surface area (Å²) in [6.07, 6.45) is 8.61. The summed E-state index contributed by atoms with van der Waals surface area (Å²) in [5.74, 6) is 1.66. The highest BCUT2D eigenvalue weighted by atomic mass is 16.5. The SMILES string of the molecule is CC[C@H](Oc1ccc2c(c1)CCCC2)C(=O)NCc1ccc(-n2ccnc2C)cc1. The van der Waals surface area contributed by atoms with Crippen molar-refractivity contribution in [2.75, 3.05) is 0 Å². The molecule has 0 radical (unpaired) electrons. The number of amides is 1. The van der Waals surface area contributed by atoms with Crippen LogP contribution in [-0.2, 0) is 24.2 Å². The predicted molar refractivity (Wildman–Crippen MR) is 118 cm³/mol. The molecule has 1 aromatic heterocycles. The molecule has 1 amide bonds. The standard InChI is InChI=1S/C25H29N3O2/c1-3-24(30-23-13-10-20-6-4-5-7-21(20)16-23)25(29)27-17-19-8-11-22(12-9-19)28-15-14-26-18(28)2/h8-16,24H,3-7,17H2,1-2H3,(H,27,29)/t24-/m0/s1. The van der Waals surface area contributed by atoms with Crippen LogP contribution >= 0.6 is 0 Å². The number of hydrogen-bond acceptors (Lipinski definition) is 3. The van der Waals surface area contributed by atoms with Gasteiger partial charge in [-0.05, 0) is 80.0 Å². The normalized spacial score (nSPS) is 14.1. The first-order chi connectivity index (χ1) is 14.6. The van der Waals surface area contributed by atoms with Gasteiger partial charge in [-0.25, -0.2) is 4.98 Å². The van der Waals surface area contributed by atoms with E-state index in [4.69, 9.17) is 4.74 Å². The second-order valence-electron chi connectivity index (χ2n) is 7.88. The largest absolute Gasteiger partial charge is 0.481 e. The Balaban J connectivity index is 1.35. The number of carbonyl (C=O) groups is 1. The van der Waals surface area contributed by atoms with Gasteiger partial charge in [-0.15, -0.1) is 0 Å². The van der Waals surface area contributed by atoms with E-state index in [9.17, 15) is 4.79 Å². The van der Waals surface area contributed by atoms with Crippen LogP contribution in [0.5, 0.6) is 5.75 Å². The predicted octanol–water partition coefficient (Wildman–Crippen LogP) is 4.53. The van der Waals surface area contributed by atoms with Gasteiger partial charge in [0, 0.05) is 24.6 Å². The molecule has 0 bridgehead atoms. The Morgan fingerprint density at radius 3 is 2.60 bits per heavy atom. The fourth-order valence-electron chi connectivity index (χ4n) is 4.00. The maximum Gasteiger partial charge on any atom is 0.261 e. The molecule has 0 unspecified atom stereocenters. The quantitative estimate of drug-likeness (QED) is 0.630. The molecule has 30 heavy (non-hydrogen) atoms. The van der Waals surface area contributed by atoms with Crippen LogP contribution in [0.1, 0.15) is 48.7 Å². The molecule has 1 atom stereocenters. The zero-order valence-electron chi connectivity index (χ0n) is 17.7. The van der Waals surface area contributed by atoms with E-state index in [0.29, 0.717) is 13.0 Å². The molecule has 1 aliphatic rings. The van der Waals surface area contributed by atoms with Gasteiger partial charge < -0.3 is 14.6 Å².